The molecule has 4 amide bonds. The van der Waals surface area contributed by atoms with Crippen LogP contribution in [0.1, 0.15) is 24.3 Å². The van der Waals surface area contributed by atoms with Crippen LogP contribution in [0.25, 0.3) is 0 Å². The smallest absolute Gasteiger partial charge is 0.325 e. The summed E-state index contributed by atoms with van der Waals surface area (Å²) in [6.07, 6.45) is 4.74. The van der Waals surface area contributed by atoms with Crippen LogP contribution in [-0.4, -0.2) is 76.3 Å². The van der Waals surface area contributed by atoms with Gasteiger partial charge in [0.1, 0.15) is 11.8 Å². The zero-order chi connectivity index (χ0) is 21.6. The molecule has 4 rings (SSSR count). The summed E-state index contributed by atoms with van der Waals surface area (Å²) in [4.78, 5) is 46.9. The fourth-order valence-corrected chi connectivity index (χ4v) is 3.95. The Bertz CT molecular complexity index is 894. The maximum atomic E-state index is 12.6. The van der Waals surface area contributed by atoms with Gasteiger partial charge in [-0.2, -0.15) is 0 Å². The van der Waals surface area contributed by atoms with Crippen molar-refractivity contribution in [3.63, 3.8) is 0 Å². The van der Waals surface area contributed by atoms with Crippen LogP contribution < -0.4 is 5.32 Å². The average molecular weight is 425 g/mol. The van der Waals surface area contributed by atoms with Gasteiger partial charge in [-0.3, -0.25) is 24.4 Å². The largest absolute Gasteiger partial charge is 0.467 e. The van der Waals surface area contributed by atoms with Crippen LogP contribution in [0.4, 0.5) is 4.79 Å². The molecule has 31 heavy (non-hydrogen) atoms. The van der Waals surface area contributed by atoms with Gasteiger partial charge in [-0.05, 0) is 30.7 Å². The molecule has 9 nitrogen and oxygen atoms in total. The number of furan rings is 1. The Hall–Kier alpha value is -3.20. The lowest BCUT2D eigenvalue weighted by atomic mass is 10.1. The standard InChI is InChI=1S/C22H27N5O4/c28-20(26-13-11-25(12-14-26)10-8-17-4-1-2-9-23-17)7-6-19-21(29)27(22(30)24-19)16-18-5-3-15-31-18/h1-5,9,15,19H,6-8,10-14,16H2,(H,24,30)/t19-/m1/s1. The molecule has 1 atom stereocenters. The topological polar surface area (TPSA) is 99.0 Å². The van der Waals surface area contributed by atoms with Crippen LogP contribution in [0, 0.1) is 0 Å². The molecular weight excluding hydrogens is 398 g/mol. The highest BCUT2D eigenvalue weighted by molar-refractivity contribution is 6.04. The quantitative estimate of drug-likeness (QED) is 0.640. The molecule has 2 aliphatic heterocycles. The molecule has 0 spiro atoms. The van der Waals surface area contributed by atoms with Crippen molar-refractivity contribution >= 4 is 17.8 Å². The van der Waals surface area contributed by atoms with E-state index in [1.807, 2.05) is 23.1 Å². The molecule has 0 aromatic carbocycles. The van der Waals surface area contributed by atoms with E-state index in [-0.39, 0.29) is 24.8 Å². The number of amides is 4. The molecule has 1 N–H and O–H groups in total. The first kappa shape index (κ1) is 21.0. The molecular formula is C22H27N5O4. The van der Waals surface area contributed by atoms with Gasteiger partial charge in [-0.25, -0.2) is 4.79 Å². The molecule has 0 bridgehead atoms. The SMILES string of the molecule is O=C(CC[C@H]1NC(=O)N(Cc2ccco2)C1=O)N1CCN(CCc2ccccn2)CC1. The molecule has 4 heterocycles. The first-order valence-electron chi connectivity index (χ1n) is 10.6. The number of imide groups is 1. The van der Waals surface area contributed by atoms with Crippen molar-refractivity contribution in [3.05, 3.63) is 54.2 Å². The Morgan fingerprint density at radius 3 is 2.68 bits per heavy atom. The van der Waals surface area contributed by atoms with Gasteiger partial charge in [-0.1, -0.05) is 6.07 Å². The number of carbonyl (C=O) groups excluding carboxylic acids is 3. The van der Waals surface area contributed by atoms with Crippen LogP contribution in [0.15, 0.2) is 47.2 Å². The molecule has 2 aromatic heterocycles. The number of rotatable bonds is 8. The summed E-state index contributed by atoms with van der Waals surface area (Å²) in [7, 11) is 0. The van der Waals surface area contributed by atoms with Crippen molar-refractivity contribution in [2.24, 2.45) is 0 Å². The summed E-state index contributed by atoms with van der Waals surface area (Å²) in [5.74, 6) is 0.255. The zero-order valence-corrected chi connectivity index (χ0v) is 17.4. The van der Waals surface area contributed by atoms with Crippen molar-refractivity contribution in [2.75, 3.05) is 32.7 Å². The number of piperazine rings is 1. The number of aromatic nitrogens is 1. The van der Waals surface area contributed by atoms with E-state index in [0.717, 1.165) is 36.6 Å². The molecule has 0 saturated carbocycles. The summed E-state index contributed by atoms with van der Waals surface area (Å²) in [6.45, 7) is 4.03. The highest BCUT2D eigenvalue weighted by Crippen LogP contribution is 2.16. The minimum Gasteiger partial charge on any atom is -0.467 e. The lowest BCUT2D eigenvalue weighted by molar-refractivity contribution is -0.133. The minimum atomic E-state index is -0.661. The molecule has 0 radical (unpaired) electrons. The highest BCUT2D eigenvalue weighted by atomic mass is 16.3. The van der Waals surface area contributed by atoms with E-state index in [0.29, 0.717) is 25.3 Å². The van der Waals surface area contributed by atoms with Crippen molar-refractivity contribution in [1.82, 2.24) is 25.0 Å². The van der Waals surface area contributed by atoms with E-state index >= 15 is 0 Å². The second-order valence-electron chi connectivity index (χ2n) is 7.84. The van der Waals surface area contributed by atoms with Gasteiger partial charge >= 0.3 is 6.03 Å². The van der Waals surface area contributed by atoms with E-state index in [9.17, 15) is 14.4 Å². The van der Waals surface area contributed by atoms with Gasteiger partial charge in [-0.15, -0.1) is 0 Å². The summed E-state index contributed by atoms with van der Waals surface area (Å²) >= 11 is 0. The molecule has 9 heteroatoms. The van der Waals surface area contributed by atoms with Crippen molar-refractivity contribution in [1.29, 1.82) is 0 Å². The first-order valence-corrected chi connectivity index (χ1v) is 10.6. The molecule has 2 fully saturated rings. The summed E-state index contributed by atoms with van der Waals surface area (Å²) < 4.78 is 5.21. The third-order valence-corrected chi connectivity index (χ3v) is 5.78. The predicted octanol–water partition coefficient (Wildman–Crippen LogP) is 1.26. The van der Waals surface area contributed by atoms with E-state index in [2.05, 4.69) is 15.2 Å². The second kappa shape index (κ2) is 9.74. The molecule has 2 aromatic rings. The monoisotopic (exact) mass is 425 g/mol. The van der Waals surface area contributed by atoms with Crippen LogP contribution in [0.3, 0.4) is 0 Å². The van der Waals surface area contributed by atoms with Gasteiger partial charge in [0.15, 0.2) is 0 Å². The Labute approximate surface area is 181 Å². The molecule has 164 valence electrons. The Morgan fingerprint density at radius 2 is 1.97 bits per heavy atom. The Morgan fingerprint density at radius 1 is 1.13 bits per heavy atom. The number of nitrogens with one attached hydrogen (secondary N) is 1. The van der Waals surface area contributed by atoms with Crippen LogP contribution >= 0.6 is 0 Å². The predicted molar refractivity (Wildman–Crippen MR) is 112 cm³/mol. The Kier molecular flexibility index (Phi) is 6.61. The number of urea groups is 1. The van der Waals surface area contributed by atoms with E-state index in [1.165, 1.54) is 6.26 Å². The van der Waals surface area contributed by atoms with Gasteiger partial charge in [0.2, 0.25) is 5.91 Å². The summed E-state index contributed by atoms with van der Waals surface area (Å²) in [5.41, 5.74) is 1.07. The number of hydrogen-bond acceptors (Lipinski definition) is 6. The van der Waals surface area contributed by atoms with Gasteiger partial charge in [0, 0.05) is 57.5 Å². The number of nitrogens with zero attached hydrogens (tertiary/aromatic N) is 4. The lowest BCUT2D eigenvalue weighted by Crippen LogP contribution is -2.49. The van der Waals surface area contributed by atoms with E-state index < -0.39 is 12.1 Å². The second-order valence-corrected chi connectivity index (χ2v) is 7.84. The summed E-state index contributed by atoms with van der Waals surface area (Å²) in [5, 5.41) is 2.67. The highest BCUT2D eigenvalue weighted by Gasteiger charge is 2.38. The average Bonchev–Trinajstić information content (AvgIpc) is 3.41. The zero-order valence-electron chi connectivity index (χ0n) is 17.4. The molecule has 2 saturated heterocycles. The number of pyridine rings is 1. The van der Waals surface area contributed by atoms with Crippen LogP contribution in [0.5, 0.6) is 0 Å². The molecule has 2 aliphatic rings. The fraction of sp³-hybridized carbons (Fsp3) is 0.455. The normalized spacial score (nSPS) is 19.7. The number of hydrogen-bond donors (Lipinski definition) is 1. The number of carbonyl (C=O) groups is 3. The maximum Gasteiger partial charge on any atom is 0.325 e. The van der Waals surface area contributed by atoms with Crippen LogP contribution in [-0.2, 0) is 22.6 Å². The van der Waals surface area contributed by atoms with E-state index in [1.54, 1.807) is 18.3 Å². The maximum absolute atomic E-state index is 12.6. The van der Waals surface area contributed by atoms with Crippen molar-refractivity contribution in [3.8, 4) is 0 Å². The summed E-state index contributed by atoms with van der Waals surface area (Å²) in [6, 6.07) is 8.25. The third kappa shape index (κ3) is 5.29. The minimum absolute atomic E-state index is 0.0240. The fourth-order valence-electron chi connectivity index (χ4n) is 3.95. The van der Waals surface area contributed by atoms with Gasteiger partial charge in [0.05, 0.1) is 12.8 Å². The third-order valence-electron chi connectivity index (χ3n) is 5.78. The van der Waals surface area contributed by atoms with E-state index in [4.69, 9.17) is 4.42 Å². The van der Waals surface area contributed by atoms with Crippen molar-refractivity contribution < 1.29 is 18.8 Å². The Balaban J connectivity index is 1.18. The molecule has 0 unspecified atom stereocenters. The van der Waals surface area contributed by atoms with Crippen LogP contribution in [0.2, 0.25) is 0 Å². The van der Waals surface area contributed by atoms with Gasteiger partial charge in [0.25, 0.3) is 5.91 Å². The lowest BCUT2D eigenvalue weighted by Gasteiger charge is -2.34. The first-order chi connectivity index (χ1) is 15.1. The van der Waals surface area contributed by atoms with Crippen molar-refractivity contribution in [2.45, 2.75) is 31.8 Å². The molecule has 0 aliphatic carbocycles. The van der Waals surface area contributed by atoms with Gasteiger partial charge < -0.3 is 14.6 Å².